The summed E-state index contributed by atoms with van der Waals surface area (Å²) in [5.74, 6) is -1.58. The van der Waals surface area contributed by atoms with Gasteiger partial charge in [0.05, 0.1) is 17.5 Å². The first-order valence-corrected chi connectivity index (χ1v) is 10.9. The molecule has 4 aliphatic rings. The second-order valence-electron chi connectivity index (χ2n) is 8.82. The van der Waals surface area contributed by atoms with Crippen molar-refractivity contribution in [2.75, 3.05) is 4.90 Å². The van der Waals surface area contributed by atoms with Crippen LogP contribution in [0.5, 0.6) is 0 Å². The molecule has 5 atom stereocenters. The Morgan fingerprint density at radius 2 is 1.41 bits per heavy atom. The summed E-state index contributed by atoms with van der Waals surface area (Å²) in [6, 6.07) is 20.6. The van der Waals surface area contributed by atoms with Gasteiger partial charge in [0.25, 0.3) is 0 Å². The number of nitrogens with one attached hydrogen (secondary N) is 1. The van der Waals surface area contributed by atoms with Crippen LogP contribution >= 0.6 is 0 Å². The topological polar surface area (TPSA) is 85.1 Å². The molecular formula is C26H22N2O4. The number of amides is 2. The molecule has 7 rings (SSSR count). The van der Waals surface area contributed by atoms with Gasteiger partial charge in [-0.1, -0.05) is 49.4 Å². The molecule has 3 aromatic carbocycles. The molecule has 2 N–H and O–H groups in total. The van der Waals surface area contributed by atoms with Crippen molar-refractivity contribution in [3.05, 3.63) is 99.8 Å². The van der Waals surface area contributed by atoms with Crippen LogP contribution in [0.4, 0.5) is 11.4 Å². The van der Waals surface area contributed by atoms with E-state index in [0.717, 1.165) is 23.1 Å². The van der Waals surface area contributed by atoms with Crippen LogP contribution in [0, 0.1) is 17.0 Å². The Morgan fingerprint density at radius 1 is 0.844 bits per heavy atom. The Balaban J connectivity index is 1.51. The van der Waals surface area contributed by atoms with E-state index in [9.17, 15) is 20.0 Å². The Kier molecular flexibility index (Phi) is 4.14. The largest absolute Gasteiger partial charge is 0.595 e. The predicted octanol–water partition coefficient (Wildman–Crippen LogP) is 3.05. The zero-order valence-electron chi connectivity index (χ0n) is 17.5. The normalized spacial score (nSPS) is 26.0. The van der Waals surface area contributed by atoms with Crippen LogP contribution < -0.4 is 10.1 Å². The zero-order valence-corrected chi connectivity index (χ0v) is 17.5. The SMILES string of the molecule is CCc1ccc2c(c1)[C@@H]1c3ccccc3[C@@H]2[C@@H]2C(=O)N(c3ccc([NH+]([O-])O)cc3)C(=O)[C@H]12. The highest BCUT2D eigenvalue weighted by Crippen LogP contribution is 2.61. The molecule has 0 radical (unpaired) electrons. The lowest BCUT2D eigenvalue weighted by atomic mass is 9.55. The molecule has 0 saturated carbocycles. The number of hydrogen-bond donors (Lipinski definition) is 2. The average Bonchev–Trinajstić information content (AvgIpc) is 3.09. The lowest BCUT2D eigenvalue weighted by Gasteiger charge is -2.46. The Hall–Kier alpha value is -3.32. The van der Waals surface area contributed by atoms with Gasteiger partial charge >= 0.3 is 0 Å². The molecule has 6 nitrogen and oxygen atoms in total. The molecule has 1 saturated heterocycles. The third-order valence-corrected chi connectivity index (χ3v) is 7.38. The van der Waals surface area contributed by atoms with E-state index in [2.05, 4.69) is 37.3 Å². The Morgan fingerprint density at radius 3 is 1.97 bits per heavy atom. The molecule has 1 unspecified atom stereocenters. The second kappa shape index (κ2) is 6.84. The number of aryl methyl sites for hydroxylation is 1. The van der Waals surface area contributed by atoms with Gasteiger partial charge in [-0.05, 0) is 46.4 Å². The minimum atomic E-state index is -1.04. The van der Waals surface area contributed by atoms with Gasteiger partial charge < -0.3 is 5.21 Å². The number of nitrogens with zero attached hydrogens (tertiary/aromatic N) is 1. The Labute approximate surface area is 185 Å². The van der Waals surface area contributed by atoms with Crippen molar-refractivity contribution in [2.45, 2.75) is 25.2 Å². The smallest absolute Gasteiger partial charge is 0.238 e. The molecule has 1 aliphatic heterocycles. The number of benzene rings is 3. The molecule has 3 aliphatic carbocycles. The van der Waals surface area contributed by atoms with Gasteiger partial charge in [0, 0.05) is 24.0 Å². The lowest BCUT2D eigenvalue weighted by molar-refractivity contribution is -0.991. The fourth-order valence-electron chi connectivity index (χ4n) is 6.00. The molecule has 160 valence electrons. The third-order valence-electron chi connectivity index (χ3n) is 7.38. The fourth-order valence-corrected chi connectivity index (χ4v) is 6.00. The minimum absolute atomic E-state index is 0.122. The van der Waals surface area contributed by atoms with Crippen LogP contribution in [0.15, 0.2) is 66.7 Å². The van der Waals surface area contributed by atoms with E-state index in [1.165, 1.54) is 28.2 Å². The van der Waals surface area contributed by atoms with Crippen LogP contribution in [-0.2, 0) is 16.0 Å². The number of rotatable bonds is 3. The number of quaternary nitrogens is 1. The van der Waals surface area contributed by atoms with Gasteiger partial charge in [-0.3, -0.25) is 9.59 Å². The molecule has 1 fully saturated rings. The predicted molar refractivity (Wildman–Crippen MR) is 118 cm³/mol. The van der Waals surface area contributed by atoms with Crippen molar-refractivity contribution in [2.24, 2.45) is 11.8 Å². The number of anilines is 1. The standard InChI is InChI=1S/C26H22N2O4/c1-2-14-7-12-19-20(13-14)22-18-6-4-3-5-17(18)21(19)23-24(22)26(30)27(25(23)29)15-8-10-16(11-9-15)28(31)32/h3-13,21-24,28,31H,2H2,1H3/t21-,22-,23-,24+/m0/s1. The van der Waals surface area contributed by atoms with E-state index in [0.29, 0.717) is 5.69 Å². The summed E-state index contributed by atoms with van der Waals surface area (Å²) in [5.41, 5.74) is 6.37. The first-order chi connectivity index (χ1) is 15.5. The zero-order chi connectivity index (χ0) is 22.1. The van der Waals surface area contributed by atoms with Gasteiger partial charge in [0.1, 0.15) is 0 Å². The second-order valence-corrected chi connectivity index (χ2v) is 8.82. The summed E-state index contributed by atoms with van der Waals surface area (Å²) >= 11 is 0. The van der Waals surface area contributed by atoms with Crippen molar-refractivity contribution >= 4 is 23.2 Å². The maximum atomic E-state index is 13.7. The molecule has 2 amide bonds. The summed E-state index contributed by atoms with van der Waals surface area (Å²) in [5, 5.41) is 19.4. The lowest BCUT2D eigenvalue weighted by Crippen LogP contribution is -2.99. The molecule has 0 spiro atoms. The van der Waals surface area contributed by atoms with Crippen LogP contribution in [0.3, 0.4) is 0 Å². The molecule has 1 heterocycles. The third kappa shape index (κ3) is 2.45. The van der Waals surface area contributed by atoms with Crippen molar-refractivity contribution in [1.82, 2.24) is 0 Å². The summed E-state index contributed by atoms with van der Waals surface area (Å²) in [6.07, 6.45) is 0.912. The minimum Gasteiger partial charge on any atom is -0.595 e. The van der Waals surface area contributed by atoms with E-state index < -0.39 is 17.1 Å². The van der Waals surface area contributed by atoms with Gasteiger partial charge in [-0.15, -0.1) is 0 Å². The van der Waals surface area contributed by atoms with Crippen molar-refractivity contribution in [1.29, 1.82) is 0 Å². The number of carbonyl (C=O) groups excluding carboxylic acids is 2. The first-order valence-electron chi connectivity index (χ1n) is 10.9. The highest BCUT2D eigenvalue weighted by molar-refractivity contribution is 6.23. The van der Waals surface area contributed by atoms with Crippen LogP contribution in [0.2, 0.25) is 0 Å². The van der Waals surface area contributed by atoms with Gasteiger partial charge in [0.15, 0.2) is 5.69 Å². The fraction of sp³-hybridized carbons (Fsp3) is 0.231. The van der Waals surface area contributed by atoms with E-state index in [4.69, 9.17) is 0 Å². The first kappa shape index (κ1) is 19.4. The van der Waals surface area contributed by atoms with Crippen LogP contribution in [-0.4, -0.2) is 17.0 Å². The highest BCUT2D eigenvalue weighted by Gasteiger charge is 2.61. The van der Waals surface area contributed by atoms with E-state index in [1.807, 2.05) is 12.1 Å². The van der Waals surface area contributed by atoms with Gasteiger partial charge in [-0.2, -0.15) is 5.23 Å². The summed E-state index contributed by atoms with van der Waals surface area (Å²) in [7, 11) is 0. The molecule has 2 bridgehead atoms. The molecule has 32 heavy (non-hydrogen) atoms. The highest BCUT2D eigenvalue weighted by atomic mass is 16.8. The maximum absolute atomic E-state index is 13.7. The van der Waals surface area contributed by atoms with Crippen molar-refractivity contribution < 1.29 is 20.0 Å². The number of carbonyl (C=O) groups is 2. The van der Waals surface area contributed by atoms with Crippen molar-refractivity contribution in [3.8, 4) is 0 Å². The van der Waals surface area contributed by atoms with Gasteiger partial charge in [0.2, 0.25) is 11.8 Å². The van der Waals surface area contributed by atoms with Crippen LogP contribution in [0.1, 0.15) is 46.6 Å². The molecule has 0 aromatic heterocycles. The van der Waals surface area contributed by atoms with Gasteiger partial charge in [-0.25, -0.2) is 10.1 Å². The van der Waals surface area contributed by atoms with E-state index >= 15 is 0 Å². The summed E-state index contributed by atoms with van der Waals surface area (Å²) < 4.78 is 0. The van der Waals surface area contributed by atoms with Crippen LogP contribution in [0.25, 0.3) is 0 Å². The monoisotopic (exact) mass is 426 g/mol. The maximum Gasteiger partial charge on any atom is 0.238 e. The quantitative estimate of drug-likeness (QED) is 0.498. The molecular weight excluding hydrogens is 404 g/mol. The molecule has 3 aromatic rings. The van der Waals surface area contributed by atoms with E-state index in [1.54, 1.807) is 12.1 Å². The Bertz CT molecular complexity index is 1270. The summed E-state index contributed by atoms with van der Waals surface area (Å²) in [6.45, 7) is 2.12. The summed E-state index contributed by atoms with van der Waals surface area (Å²) in [4.78, 5) is 28.7. The van der Waals surface area contributed by atoms with E-state index in [-0.39, 0.29) is 29.3 Å². The number of imide groups is 1. The average molecular weight is 426 g/mol. The molecule has 6 heteroatoms. The van der Waals surface area contributed by atoms with Crippen molar-refractivity contribution in [3.63, 3.8) is 0 Å². The number of hydrogen-bond acceptors (Lipinski definition) is 4.